The van der Waals surface area contributed by atoms with Crippen LogP contribution in [0, 0.1) is 0 Å². The first kappa shape index (κ1) is 16.7. The second kappa shape index (κ2) is 5.86. The Balaban J connectivity index is 1.54. The smallest absolute Gasteiger partial charge is 0.291 e. The van der Waals surface area contributed by atoms with E-state index in [4.69, 9.17) is 16.3 Å². The van der Waals surface area contributed by atoms with Crippen LogP contribution in [-0.2, 0) is 10.5 Å². The van der Waals surface area contributed by atoms with Gasteiger partial charge in [-0.2, -0.15) is 5.01 Å². The zero-order chi connectivity index (χ0) is 19.6. The molecule has 1 amide bonds. The van der Waals surface area contributed by atoms with E-state index in [-0.39, 0.29) is 11.9 Å². The molecule has 0 saturated heterocycles. The van der Waals surface area contributed by atoms with Crippen molar-refractivity contribution in [1.29, 1.82) is 0 Å². The maximum Gasteiger partial charge on any atom is 0.291 e. The van der Waals surface area contributed by atoms with E-state index in [0.29, 0.717) is 10.8 Å². The topological polar surface area (TPSA) is 53.6 Å². The average Bonchev–Trinajstić information content (AvgIpc) is 3.30. The van der Waals surface area contributed by atoms with Crippen LogP contribution in [0.25, 0.3) is 5.70 Å². The molecule has 3 aliphatic heterocycles. The highest BCUT2D eigenvalue weighted by atomic mass is 35.5. The van der Waals surface area contributed by atoms with E-state index in [2.05, 4.69) is 16.8 Å². The number of nitrogens with zero attached hydrogens (tertiary/aromatic N) is 1. The minimum absolute atomic E-state index is 0.164. The highest BCUT2D eigenvalue weighted by molar-refractivity contribution is 6.30. The Morgan fingerprint density at radius 3 is 2.59 bits per heavy atom. The molecule has 142 valence electrons. The van der Waals surface area contributed by atoms with E-state index < -0.39 is 5.72 Å². The fraction of sp³-hybridized carbons (Fsp3) is 0.0870. The van der Waals surface area contributed by atoms with Crippen molar-refractivity contribution in [2.45, 2.75) is 11.8 Å². The molecule has 2 atom stereocenters. The number of fused-ring (bicyclic) bond motifs is 6. The SMILES string of the molecule is O=C1Nc2ccccc2C12Oc1ccccc1C1C=C(c3ccc(Cl)cc3)NN12. The van der Waals surface area contributed by atoms with Gasteiger partial charge in [-0.3, -0.25) is 4.79 Å². The van der Waals surface area contributed by atoms with Gasteiger partial charge in [0, 0.05) is 16.1 Å². The van der Waals surface area contributed by atoms with Crippen molar-refractivity contribution in [3.8, 4) is 5.75 Å². The molecule has 5 nitrogen and oxygen atoms in total. The highest BCUT2D eigenvalue weighted by Gasteiger charge is 2.60. The molecule has 29 heavy (non-hydrogen) atoms. The third-order valence-electron chi connectivity index (χ3n) is 5.68. The summed E-state index contributed by atoms with van der Waals surface area (Å²) in [5.41, 5.74) is 6.60. The first-order valence-electron chi connectivity index (χ1n) is 9.39. The third kappa shape index (κ3) is 2.23. The molecule has 0 radical (unpaired) electrons. The van der Waals surface area contributed by atoms with Crippen molar-refractivity contribution >= 4 is 28.9 Å². The molecule has 2 unspecified atom stereocenters. The number of para-hydroxylation sites is 2. The fourth-order valence-electron chi connectivity index (χ4n) is 4.35. The Kier molecular flexibility index (Phi) is 3.37. The lowest BCUT2D eigenvalue weighted by Gasteiger charge is -2.44. The number of amides is 1. The van der Waals surface area contributed by atoms with Crippen LogP contribution in [0.4, 0.5) is 5.69 Å². The van der Waals surface area contributed by atoms with Gasteiger partial charge in [0.2, 0.25) is 0 Å². The lowest BCUT2D eigenvalue weighted by Crippen LogP contribution is -2.60. The predicted octanol–water partition coefficient (Wildman–Crippen LogP) is 4.44. The monoisotopic (exact) mass is 401 g/mol. The summed E-state index contributed by atoms with van der Waals surface area (Å²) in [5, 5.41) is 5.56. The van der Waals surface area contributed by atoms with Gasteiger partial charge in [0.1, 0.15) is 5.75 Å². The van der Waals surface area contributed by atoms with Crippen LogP contribution in [-0.4, -0.2) is 10.9 Å². The van der Waals surface area contributed by atoms with Crippen molar-refractivity contribution in [1.82, 2.24) is 10.4 Å². The molecule has 3 aromatic carbocycles. The summed E-state index contributed by atoms with van der Waals surface area (Å²) in [6.07, 6.45) is 2.13. The van der Waals surface area contributed by atoms with Gasteiger partial charge in [0.05, 0.1) is 17.4 Å². The number of halogens is 1. The number of carbonyl (C=O) groups is 1. The number of rotatable bonds is 1. The van der Waals surface area contributed by atoms with Crippen LogP contribution < -0.4 is 15.5 Å². The van der Waals surface area contributed by atoms with Crippen molar-refractivity contribution in [3.63, 3.8) is 0 Å². The second-order valence-corrected chi connectivity index (χ2v) is 7.73. The zero-order valence-corrected chi connectivity index (χ0v) is 16.0. The van der Waals surface area contributed by atoms with Gasteiger partial charge in [-0.15, -0.1) is 0 Å². The van der Waals surface area contributed by atoms with Crippen LogP contribution in [0.3, 0.4) is 0 Å². The predicted molar refractivity (Wildman–Crippen MR) is 111 cm³/mol. The Morgan fingerprint density at radius 2 is 1.72 bits per heavy atom. The summed E-state index contributed by atoms with van der Waals surface area (Å²) in [5.74, 6) is 0.493. The van der Waals surface area contributed by atoms with Gasteiger partial charge in [-0.05, 0) is 35.9 Å². The normalized spacial score (nSPS) is 24.1. The van der Waals surface area contributed by atoms with Crippen LogP contribution in [0.5, 0.6) is 5.75 Å². The fourth-order valence-corrected chi connectivity index (χ4v) is 4.47. The Bertz CT molecular complexity index is 1190. The second-order valence-electron chi connectivity index (χ2n) is 7.30. The Labute approximate surface area is 172 Å². The Morgan fingerprint density at radius 1 is 0.966 bits per heavy atom. The lowest BCUT2D eigenvalue weighted by atomic mass is 9.95. The molecular formula is C23H16ClN3O2. The van der Waals surface area contributed by atoms with E-state index in [1.165, 1.54) is 0 Å². The molecule has 0 bridgehead atoms. The molecule has 6 heteroatoms. The number of hydrazine groups is 1. The molecule has 0 aliphatic carbocycles. The molecule has 0 fully saturated rings. The molecule has 3 aromatic rings. The number of ether oxygens (including phenoxy) is 1. The van der Waals surface area contributed by atoms with Crippen molar-refractivity contribution in [2.24, 2.45) is 0 Å². The van der Waals surface area contributed by atoms with Gasteiger partial charge < -0.3 is 15.5 Å². The molecule has 0 saturated carbocycles. The molecule has 2 N–H and O–H groups in total. The number of carbonyl (C=O) groups excluding carboxylic acids is 1. The number of hydrogen-bond donors (Lipinski definition) is 2. The van der Waals surface area contributed by atoms with Crippen molar-refractivity contribution in [3.05, 3.63) is 101 Å². The minimum atomic E-state index is -1.29. The lowest BCUT2D eigenvalue weighted by molar-refractivity contribution is -0.165. The molecule has 6 rings (SSSR count). The van der Waals surface area contributed by atoms with Crippen molar-refractivity contribution in [2.75, 3.05) is 5.32 Å². The summed E-state index contributed by atoms with van der Waals surface area (Å²) in [6, 6.07) is 23.0. The largest absolute Gasteiger partial charge is 0.457 e. The van der Waals surface area contributed by atoms with Crippen LogP contribution in [0.15, 0.2) is 78.9 Å². The summed E-state index contributed by atoms with van der Waals surface area (Å²) >= 11 is 6.06. The Hall–Kier alpha value is -3.28. The highest BCUT2D eigenvalue weighted by Crippen LogP contribution is 2.52. The molecular weight excluding hydrogens is 386 g/mol. The number of nitrogens with one attached hydrogen (secondary N) is 2. The molecule has 1 spiro atoms. The van der Waals surface area contributed by atoms with Gasteiger partial charge in [-0.25, -0.2) is 0 Å². The third-order valence-corrected chi connectivity index (χ3v) is 5.93. The van der Waals surface area contributed by atoms with Crippen LogP contribution >= 0.6 is 11.6 Å². The molecule has 3 aliphatic rings. The standard InChI is InChI=1S/C23H16ClN3O2/c24-15-11-9-14(10-12-15)19-13-20-16-5-1-4-8-21(16)29-23(27(20)26-19)17-6-2-3-7-18(17)25-22(23)28/h1-13,20,26H,(H,25,28). The number of anilines is 1. The molecule has 0 aromatic heterocycles. The maximum atomic E-state index is 13.3. The van der Waals surface area contributed by atoms with Gasteiger partial charge in [0.15, 0.2) is 0 Å². The van der Waals surface area contributed by atoms with Gasteiger partial charge in [-0.1, -0.05) is 60.1 Å². The maximum absolute atomic E-state index is 13.3. The quantitative estimate of drug-likeness (QED) is 0.633. The summed E-state index contributed by atoms with van der Waals surface area (Å²) in [7, 11) is 0. The number of benzene rings is 3. The summed E-state index contributed by atoms with van der Waals surface area (Å²) in [6.45, 7) is 0. The summed E-state index contributed by atoms with van der Waals surface area (Å²) < 4.78 is 6.43. The van der Waals surface area contributed by atoms with E-state index >= 15 is 0 Å². The average molecular weight is 402 g/mol. The zero-order valence-electron chi connectivity index (χ0n) is 15.2. The van der Waals surface area contributed by atoms with E-state index in [1.807, 2.05) is 77.8 Å². The van der Waals surface area contributed by atoms with Crippen molar-refractivity contribution < 1.29 is 9.53 Å². The first-order valence-corrected chi connectivity index (χ1v) is 9.77. The summed E-state index contributed by atoms with van der Waals surface area (Å²) in [4.78, 5) is 13.3. The van der Waals surface area contributed by atoms with Crippen LogP contribution in [0.1, 0.15) is 22.7 Å². The van der Waals surface area contributed by atoms with E-state index in [0.717, 1.165) is 28.1 Å². The van der Waals surface area contributed by atoms with Crippen LogP contribution in [0.2, 0.25) is 5.02 Å². The number of hydrogen-bond acceptors (Lipinski definition) is 4. The molecule has 3 heterocycles. The minimum Gasteiger partial charge on any atom is -0.457 e. The van der Waals surface area contributed by atoms with E-state index in [9.17, 15) is 4.79 Å². The van der Waals surface area contributed by atoms with Gasteiger partial charge in [0.25, 0.3) is 11.6 Å². The van der Waals surface area contributed by atoms with Gasteiger partial charge >= 0.3 is 0 Å². The van der Waals surface area contributed by atoms with E-state index in [1.54, 1.807) is 0 Å². The first-order chi connectivity index (χ1) is 14.2.